The van der Waals surface area contributed by atoms with Crippen molar-refractivity contribution in [1.29, 1.82) is 0 Å². The van der Waals surface area contributed by atoms with E-state index in [4.69, 9.17) is 32.0 Å². The van der Waals surface area contributed by atoms with Crippen molar-refractivity contribution >= 4 is 54.6 Å². The van der Waals surface area contributed by atoms with Gasteiger partial charge in [-0.15, -0.1) is 0 Å². The van der Waals surface area contributed by atoms with E-state index >= 15 is 0 Å². The minimum atomic E-state index is -0.568. The molecule has 0 amide bonds. The number of aromatic nitrogens is 3. The van der Waals surface area contributed by atoms with E-state index in [1.54, 1.807) is 0 Å². The lowest BCUT2D eigenvalue weighted by atomic mass is 9.99. The van der Waals surface area contributed by atoms with Gasteiger partial charge in [0.05, 0.1) is 12.3 Å². The SMILES string of the molecule is [2H]c1c([2H])c([2H])c2c(c1[2H])c([2H])c([2H])c1c2oc2c([2H])c(-c3nc(-c4cccc(-c5ccccc5)c4)nc(-c4ccc5c(c4)oc4cccc(-c6ccccc6)c45)n3)c([2H])c([2H])c21. The Kier molecular flexibility index (Phi) is 5.06. The smallest absolute Gasteiger partial charge is 0.164 e. The fourth-order valence-electron chi connectivity index (χ4n) is 7.05. The average molecular weight is 701 g/mol. The topological polar surface area (TPSA) is 65.0 Å². The van der Waals surface area contributed by atoms with Crippen molar-refractivity contribution in [3.8, 4) is 56.4 Å². The molecule has 0 aliphatic heterocycles. The van der Waals surface area contributed by atoms with Crippen molar-refractivity contribution in [2.75, 3.05) is 0 Å². The first-order valence-corrected chi connectivity index (χ1v) is 17.3. The van der Waals surface area contributed by atoms with Crippen LogP contribution in [0.15, 0.2) is 185 Å². The Morgan fingerprint density at radius 3 is 1.93 bits per heavy atom. The summed E-state index contributed by atoms with van der Waals surface area (Å²) in [5.74, 6) is 0.337. The highest BCUT2D eigenvalue weighted by molar-refractivity contribution is 6.15. The summed E-state index contributed by atoms with van der Waals surface area (Å²) in [5, 5.41) is 1.26. The van der Waals surface area contributed by atoms with Gasteiger partial charge in [0.1, 0.15) is 22.3 Å². The van der Waals surface area contributed by atoms with Crippen molar-refractivity contribution in [3.05, 3.63) is 176 Å². The summed E-state index contributed by atoms with van der Waals surface area (Å²) in [6.07, 6.45) is 0. The van der Waals surface area contributed by atoms with E-state index in [-0.39, 0.29) is 61.8 Å². The van der Waals surface area contributed by atoms with E-state index in [2.05, 4.69) is 18.2 Å². The van der Waals surface area contributed by atoms with Gasteiger partial charge in [0, 0.05) is 43.6 Å². The Balaban J connectivity index is 1.16. The minimum absolute atomic E-state index is 0.0962. The summed E-state index contributed by atoms with van der Waals surface area (Å²) in [7, 11) is 0. The van der Waals surface area contributed by atoms with Crippen molar-refractivity contribution < 1.29 is 21.2 Å². The van der Waals surface area contributed by atoms with Crippen LogP contribution in [0, 0.1) is 0 Å². The Morgan fingerprint density at radius 2 is 1.09 bits per heavy atom. The van der Waals surface area contributed by atoms with Crippen LogP contribution in [0.5, 0.6) is 0 Å². The molecule has 11 rings (SSSR count). The summed E-state index contributed by atoms with van der Waals surface area (Å²) in [5.41, 5.74) is 5.85. The maximum absolute atomic E-state index is 9.54. The standard InChI is InChI=1S/C49H29N3O2/c1-3-11-30(12-4-1)33-16-9-17-34(27-33)47-50-48(35-22-24-39-40-25-21-32-15-7-8-18-38(32)46(40)54-43(39)28-35)52-49(51-47)36-23-26-41-44(29-36)53-42-20-10-19-37(45(41)42)31-13-5-2-6-14-31/h1-29H/i7D,8D,15D,18D,21D,22D,24D,25D,28D. The largest absolute Gasteiger partial charge is 0.456 e. The molecule has 3 aromatic heterocycles. The molecule has 0 unspecified atom stereocenters. The van der Waals surface area contributed by atoms with Crippen LogP contribution in [0.2, 0.25) is 0 Å². The van der Waals surface area contributed by atoms with Gasteiger partial charge < -0.3 is 8.83 Å². The number of nitrogens with zero attached hydrogens (tertiary/aromatic N) is 3. The molecule has 3 heterocycles. The zero-order valence-electron chi connectivity index (χ0n) is 37.2. The zero-order chi connectivity index (χ0) is 43.4. The molecule has 5 heteroatoms. The molecule has 0 aliphatic carbocycles. The molecule has 0 radical (unpaired) electrons. The first kappa shape index (κ1) is 22.5. The molecule has 5 nitrogen and oxygen atoms in total. The van der Waals surface area contributed by atoms with Gasteiger partial charge in [0.2, 0.25) is 0 Å². The van der Waals surface area contributed by atoms with E-state index in [1.807, 2.05) is 103 Å². The lowest BCUT2D eigenvalue weighted by Crippen LogP contribution is -2.00. The molecule has 252 valence electrons. The molecular weight excluding hydrogens is 663 g/mol. The fraction of sp³-hybridized carbons (Fsp3) is 0. The summed E-state index contributed by atoms with van der Waals surface area (Å²) in [4.78, 5) is 14.7. The average Bonchev–Trinajstić information content (AvgIpc) is 3.91. The number of benzene rings is 8. The van der Waals surface area contributed by atoms with Gasteiger partial charge in [-0.2, -0.15) is 0 Å². The quantitative estimate of drug-likeness (QED) is 0.179. The van der Waals surface area contributed by atoms with Crippen LogP contribution in [0.1, 0.15) is 12.3 Å². The van der Waals surface area contributed by atoms with Crippen LogP contribution in [-0.4, -0.2) is 15.0 Å². The molecular formula is C49H29N3O2. The normalized spacial score (nSPS) is 14.0. The third kappa shape index (κ3) is 4.98. The van der Waals surface area contributed by atoms with Crippen LogP contribution in [0.25, 0.3) is 111 Å². The van der Waals surface area contributed by atoms with Gasteiger partial charge in [-0.3, -0.25) is 0 Å². The van der Waals surface area contributed by atoms with Crippen LogP contribution in [0.4, 0.5) is 0 Å². The van der Waals surface area contributed by atoms with E-state index in [1.165, 1.54) is 0 Å². The second-order valence-corrected chi connectivity index (χ2v) is 12.9. The highest BCUT2D eigenvalue weighted by atomic mass is 16.3. The fourth-order valence-corrected chi connectivity index (χ4v) is 7.05. The second-order valence-electron chi connectivity index (χ2n) is 12.9. The Morgan fingerprint density at radius 1 is 0.407 bits per heavy atom. The number of hydrogen-bond acceptors (Lipinski definition) is 5. The predicted octanol–water partition coefficient (Wildman–Crippen LogP) is 13.2. The van der Waals surface area contributed by atoms with E-state index in [9.17, 15) is 4.11 Å². The van der Waals surface area contributed by atoms with Gasteiger partial charge >= 0.3 is 0 Å². The molecule has 0 spiro atoms. The number of furan rings is 2. The van der Waals surface area contributed by atoms with Gasteiger partial charge in [-0.25, -0.2) is 15.0 Å². The lowest BCUT2D eigenvalue weighted by Gasteiger charge is -2.10. The first-order valence-electron chi connectivity index (χ1n) is 21.8. The molecule has 0 saturated heterocycles. The summed E-state index contributed by atoms with van der Waals surface area (Å²) >= 11 is 0. The third-order valence-corrected chi connectivity index (χ3v) is 9.61. The monoisotopic (exact) mass is 700 g/mol. The van der Waals surface area contributed by atoms with Gasteiger partial charge in [-0.05, 0) is 70.0 Å². The Hall–Kier alpha value is -7.37. The number of rotatable bonds is 5. The summed E-state index contributed by atoms with van der Waals surface area (Å²) in [6, 6.07) is 34.8. The molecule has 0 fully saturated rings. The van der Waals surface area contributed by atoms with Crippen LogP contribution in [-0.2, 0) is 0 Å². The molecule has 0 atom stereocenters. The van der Waals surface area contributed by atoms with E-state index in [0.29, 0.717) is 22.3 Å². The van der Waals surface area contributed by atoms with Crippen molar-refractivity contribution in [3.63, 3.8) is 0 Å². The number of fused-ring (bicyclic) bond motifs is 8. The van der Waals surface area contributed by atoms with E-state index in [0.717, 1.165) is 33.0 Å². The second kappa shape index (κ2) is 12.1. The molecule has 0 bridgehead atoms. The summed E-state index contributed by atoms with van der Waals surface area (Å²) in [6.45, 7) is 0. The van der Waals surface area contributed by atoms with Crippen LogP contribution < -0.4 is 0 Å². The van der Waals surface area contributed by atoms with E-state index < -0.39 is 48.3 Å². The Bertz CT molecular complexity index is 3740. The maximum atomic E-state index is 9.54. The molecule has 54 heavy (non-hydrogen) atoms. The van der Waals surface area contributed by atoms with Crippen molar-refractivity contribution in [1.82, 2.24) is 15.0 Å². The molecule has 0 N–H and O–H groups in total. The molecule has 0 aliphatic rings. The van der Waals surface area contributed by atoms with Gasteiger partial charge in [-0.1, -0.05) is 133 Å². The molecule has 11 aromatic rings. The lowest BCUT2D eigenvalue weighted by molar-refractivity contribution is 0.669. The Labute approximate surface area is 322 Å². The molecule has 8 aromatic carbocycles. The minimum Gasteiger partial charge on any atom is -0.456 e. The highest BCUT2D eigenvalue weighted by Gasteiger charge is 2.18. The van der Waals surface area contributed by atoms with Crippen LogP contribution >= 0.6 is 0 Å². The number of hydrogen-bond donors (Lipinski definition) is 0. The third-order valence-electron chi connectivity index (χ3n) is 9.61. The molecule has 0 saturated carbocycles. The summed E-state index contributed by atoms with van der Waals surface area (Å²) < 4.78 is 92.4. The maximum Gasteiger partial charge on any atom is 0.164 e. The highest BCUT2D eigenvalue weighted by Crippen LogP contribution is 2.39. The van der Waals surface area contributed by atoms with Crippen molar-refractivity contribution in [2.45, 2.75) is 0 Å². The van der Waals surface area contributed by atoms with Gasteiger partial charge in [0.25, 0.3) is 0 Å². The van der Waals surface area contributed by atoms with Gasteiger partial charge in [0.15, 0.2) is 17.5 Å². The van der Waals surface area contributed by atoms with Crippen molar-refractivity contribution in [2.24, 2.45) is 0 Å². The van der Waals surface area contributed by atoms with Crippen LogP contribution in [0.3, 0.4) is 0 Å². The first-order chi connectivity index (χ1) is 30.5. The zero-order valence-corrected chi connectivity index (χ0v) is 28.2. The predicted molar refractivity (Wildman–Crippen MR) is 219 cm³/mol.